The number of hydrogen-bond acceptors (Lipinski definition) is 5. The minimum Gasteiger partial charge on any atom is -0.503 e. The third-order valence-electron chi connectivity index (χ3n) is 2.98. The molecule has 0 radical (unpaired) electrons. The van der Waals surface area contributed by atoms with Gasteiger partial charge in [0.2, 0.25) is 0 Å². The van der Waals surface area contributed by atoms with Crippen LogP contribution in [0.2, 0.25) is 0 Å². The van der Waals surface area contributed by atoms with E-state index in [1.807, 2.05) is 42.6 Å². The van der Waals surface area contributed by atoms with Crippen molar-refractivity contribution in [3.05, 3.63) is 66.2 Å². The molecular weight excluding hydrogens is 298 g/mol. The van der Waals surface area contributed by atoms with Gasteiger partial charge < -0.3 is 9.47 Å². The van der Waals surface area contributed by atoms with Crippen molar-refractivity contribution in [2.45, 2.75) is 10.6 Å². The molecule has 0 N–H and O–H groups in total. The number of rotatable bonds is 6. The van der Waals surface area contributed by atoms with E-state index < -0.39 is 5.97 Å². The maximum absolute atomic E-state index is 11.9. The Hall–Kier alpha value is -2.27. The number of benzene rings is 1. The molecule has 0 unspecified atom stereocenters. The quantitative estimate of drug-likeness (QED) is 0.353. The van der Waals surface area contributed by atoms with E-state index in [2.05, 4.69) is 4.98 Å². The minimum absolute atomic E-state index is 0.410. The van der Waals surface area contributed by atoms with Crippen LogP contribution in [0.5, 0.6) is 0 Å². The lowest BCUT2D eigenvalue weighted by Gasteiger charge is -2.11. The summed E-state index contributed by atoms with van der Waals surface area (Å²) >= 11 is 1.66. The predicted octanol–water partition coefficient (Wildman–Crippen LogP) is 3.53. The highest BCUT2D eigenvalue weighted by Crippen LogP contribution is 2.27. The molecule has 1 heterocycles. The van der Waals surface area contributed by atoms with Crippen molar-refractivity contribution in [2.24, 2.45) is 0 Å². The molecular formula is C17H17NO3S. The van der Waals surface area contributed by atoms with Crippen molar-refractivity contribution in [2.75, 3.05) is 14.2 Å². The standard InChI is InChI=1S/C17H17NO3S/c1-20-11-16(17(19)21-2)15-8-4-3-6-13(15)12-22-14-7-5-9-18-10-14/h3-11H,12H2,1-2H3. The summed E-state index contributed by atoms with van der Waals surface area (Å²) in [6.07, 6.45) is 4.98. The number of aromatic nitrogens is 1. The number of ether oxygens (including phenoxy) is 2. The summed E-state index contributed by atoms with van der Waals surface area (Å²) in [5, 5.41) is 0. The third-order valence-corrected chi connectivity index (χ3v) is 4.01. The zero-order chi connectivity index (χ0) is 15.8. The molecule has 0 fully saturated rings. The Kier molecular flexibility index (Phi) is 6.03. The Bertz CT molecular complexity index is 656. The number of methoxy groups -OCH3 is 2. The van der Waals surface area contributed by atoms with E-state index in [9.17, 15) is 4.79 Å². The summed E-state index contributed by atoms with van der Waals surface area (Å²) in [5.41, 5.74) is 2.25. The number of carbonyl (C=O) groups is 1. The van der Waals surface area contributed by atoms with E-state index in [0.717, 1.165) is 21.8 Å². The summed E-state index contributed by atoms with van der Waals surface area (Å²) in [7, 11) is 2.87. The van der Waals surface area contributed by atoms with Gasteiger partial charge in [-0.05, 0) is 23.3 Å². The summed E-state index contributed by atoms with van der Waals surface area (Å²) in [6.45, 7) is 0. The fourth-order valence-corrected chi connectivity index (χ4v) is 2.84. The maximum Gasteiger partial charge on any atom is 0.341 e. The van der Waals surface area contributed by atoms with E-state index in [1.165, 1.54) is 20.5 Å². The molecule has 0 saturated carbocycles. The molecule has 22 heavy (non-hydrogen) atoms. The molecule has 1 aromatic heterocycles. The van der Waals surface area contributed by atoms with Crippen LogP contribution in [0.15, 0.2) is 59.9 Å². The van der Waals surface area contributed by atoms with Gasteiger partial charge in [0.15, 0.2) is 0 Å². The minimum atomic E-state index is -0.416. The summed E-state index contributed by atoms with van der Waals surface area (Å²) in [5.74, 6) is 0.306. The van der Waals surface area contributed by atoms with Crippen LogP contribution in [0.1, 0.15) is 11.1 Å². The Labute approximate surface area is 134 Å². The highest BCUT2D eigenvalue weighted by atomic mass is 32.2. The molecule has 0 aliphatic carbocycles. The highest BCUT2D eigenvalue weighted by Gasteiger charge is 2.16. The largest absolute Gasteiger partial charge is 0.503 e. The summed E-state index contributed by atoms with van der Waals surface area (Å²) in [6, 6.07) is 11.6. The second-order valence-electron chi connectivity index (χ2n) is 4.39. The van der Waals surface area contributed by atoms with E-state index in [0.29, 0.717) is 5.57 Å². The Balaban J connectivity index is 2.26. The maximum atomic E-state index is 11.9. The van der Waals surface area contributed by atoms with Gasteiger partial charge in [0.05, 0.1) is 20.5 Å². The van der Waals surface area contributed by atoms with Gasteiger partial charge in [0, 0.05) is 23.0 Å². The van der Waals surface area contributed by atoms with Crippen LogP contribution < -0.4 is 0 Å². The predicted molar refractivity (Wildman–Crippen MR) is 87.2 cm³/mol. The zero-order valence-electron chi connectivity index (χ0n) is 12.5. The fourth-order valence-electron chi connectivity index (χ4n) is 1.95. The van der Waals surface area contributed by atoms with Crippen molar-refractivity contribution < 1.29 is 14.3 Å². The highest BCUT2D eigenvalue weighted by molar-refractivity contribution is 7.98. The van der Waals surface area contributed by atoms with Crippen LogP contribution in [-0.4, -0.2) is 25.2 Å². The van der Waals surface area contributed by atoms with Crippen molar-refractivity contribution >= 4 is 23.3 Å². The second kappa shape index (κ2) is 8.24. The molecule has 0 saturated heterocycles. The number of nitrogens with zero attached hydrogens (tertiary/aromatic N) is 1. The number of pyridine rings is 1. The summed E-state index contributed by atoms with van der Waals surface area (Å²) in [4.78, 5) is 17.1. The van der Waals surface area contributed by atoms with Crippen molar-refractivity contribution in [1.29, 1.82) is 0 Å². The fraction of sp³-hybridized carbons (Fsp3) is 0.176. The van der Waals surface area contributed by atoms with Crippen molar-refractivity contribution in [1.82, 2.24) is 4.98 Å². The number of thioether (sulfide) groups is 1. The van der Waals surface area contributed by atoms with Gasteiger partial charge in [-0.25, -0.2) is 4.79 Å². The Morgan fingerprint density at radius 1 is 1.23 bits per heavy atom. The molecule has 0 amide bonds. The summed E-state index contributed by atoms with van der Waals surface area (Å²) < 4.78 is 9.85. The lowest BCUT2D eigenvalue weighted by molar-refractivity contribution is -0.133. The van der Waals surface area contributed by atoms with Crippen LogP contribution >= 0.6 is 11.8 Å². The molecule has 0 atom stereocenters. The lowest BCUT2D eigenvalue weighted by Crippen LogP contribution is -2.06. The lowest BCUT2D eigenvalue weighted by atomic mass is 10.0. The molecule has 2 rings (SSSR count). The molecule has 4 nitrogen and oxygen atoms in total. The number of esters is 1. The first-order valence-corrected chi connectivity index (χ1v) is 7.67. The van der Waals surface area contributed by atoms with E-state index in [4.69, 9.17) is 9.47 Å². The smallest absolute Gasteiger partial charge is 0.341 e. The van der Waals surface area contributed by atoms with Gasteiger partial charge in [-0.1, -0.05) is 24.3 Å². The number of carbonyl (C=O) groups excluding carboxylic acids is 1. The molecule has 5 heteroatoms. The molecule has 2 aromatic rings. The van der Waals surface area contributed by atoms with Gasteiger partial charge in [-0.15, -0.1) is 11.8 Å². The van der Waals surface area contributed by atoms with Gasteiger partial charge in [-0.2, -0.15) is 0 Å². The van der Waals surface area contributed by atoms with Gasteiger partial charge in [0.25, 0.3) is 0 Å². The zero-order valence-corrected chi connectivity index (χ0v) is 13.3. The molecule has 1 aromatic carbocycles. The Morgan fingerprint density at radius 3 is 2.73 bits per heavy atom. The van der Waals surface area contributed by atoms with Crippen LogP contribution in [0.4, 0.5) is 0 Å². The average molecular weight is 315 g/mol. The van der Waals surface area contributed by atoms with Crippen LogP contribution in [0, 0.1) is 0 Å². The van der Waals surface area contributed by atoms with E-state index >= 15 is 0 Å². The van der Waals surface area contributed by atoms with E-state index in [1.54, 1.807) is 18.0 Å². The molecule has 114 valence electrons. The first kappa shape index (κ1) is 16.1. The monoisotopic (exact) mass is 315 g/mol. The molecule has 0 aliphatic rings. The van der Waals surface area contributed by atoms with Gasteiger partial charge >= 0.3 is 5.97 Å². The second-order valence-corrected chi connectivity index (χ2v) is 5.44. The van der Waals surface area contributed by atoms with Crippen LogP contribution in [0.25, 0.3) is 5.57 Å². The third kappa shape index (κ3) is 4.11. The topological polar surface area (TPSA) is 48.4 Å². The first-order chi connectivity index (χ1) is 10.8. The average Bonchev–Trinajstić information content (AvgIpc) is 2.58. The van der Waals surface area contributed by atoms with Crippen molar-refractivity contribution in [3.63, 3.8) is 0 Å². The first-order valence-electron chi connectivity index (χ1n) is 6.68. The van der Waals surface area contributed by atoms with Crippen LogP contribution in [0.3, 0.4) is 0 Å². The van der Waals surface area contributed by atoms with Gasteiger partial charge in [0.1, 0.15) is 5.57 Å². The van der Waals surface area contributed by atoms with Crippen LogP contribution in [-0.2, 0) is 20.0 Å². The molecule has 0 spiro atoms. The molecule has 0 bridgehead atoms. The SMILES string of the molecule is COC=C(C(=O)OC)c1ccccc1CSc1cccnc1. The number of hydrogen-bond donors (Lipinski definition) is 0. The van der Waals surface area contributed by atoms with Gasteiger partial charge in [-0.3, -0.25) is 4.98 Å². The van der Waals surface area contributed by atoms with E-state index in [-0.39, 0.29) is 0 Å². The van der Waals surface area contributed by atoms with Crippen molar-refractivity contribution in [3.8, 4) is 0 Å². The Morgan fingerprint density at radius 2 is 2.05 bits per heavy atom. The molecule has 0 aliphatic heterocycles. The normalized spacial score (nSPS) is 11.1.